The van der Waals surface area contributed by atoms with Gasteiger partial charge in [0.25, 0.3) is 0 Å². The Balaban J connectivity index is 2.67. The van der Waals surface area contributed by atoms with Crippen LogP contribution in [0.25, 0.3) is 0 Å². The Morgan fingerprint density at radius 2 is 1.25 bits per heavy atom. The molecule has 8 heteroatoms. The molecule has 0 spiro atoms. The average molecular weight is 399 g/mol. The van der Waals surface area contributed by atoms with Crippen molar-refractivity contribution in [3.8, 4) is 0 Å². The van der Waals surface area contributed by atoms with Crippen LogP contribution in [0.5, 0.6) is 0 Å². The Morgan fingerprint density at radius 3 is 1.68 bits per heavy atom. The van der Waals surface area contributed by atoms with Crippen molar-refractivity contribution in [3.63, 3.8) is 0 Å². The summed E-state index contributed by atoms with van der Waals surface area (Å²) in [5.74, 6) is 0.0375. The number of amides is 2. The van der Waals surface area contributed by atoms with Crippen LogP contribution in [0, 0.1) is 0 Å². The van der Waals surface area contributed by atoms with Gasteiger partial charge in [0.05, 0.1) is 6.54 Å². The summed E-state index contributed by atoms with van der Waals surface area (Å²) in [6.45, 7) is 14.0. The summed E-state index contributed by atoms with van der Waals surface area (Å²) in [5.41, 5.74) is -1.29. The third-order valence-electron chi connectivity index (χ3n) is 3.87. The smallest absolute Gasteiger partial charge is 0.414 e. The first kappa shape index (κ1) is 24.2. The zero-order chi connectivity index (χ0) is 21.2. The molecule has 0 bridgehead atoms. The lowest BCUT2D eigenvalue weighted by Gasteiger charge is -2.24. The highest BCUT2D eigenvalue weighted by molar-refractivity contribution is 6.01. The van der Waals surface area contributed by atoms with Crippen LogP contribution in [0.3, 0.4) is 0 Å². The largest absolute Gasteiger partial charge is 0.444 e. The van der Waals surface area contributed by atoms with Crippen molar-refractivity contribution < 1.29 is 19.1 Å². The first-order chi connectivity index (χ1) is 12.9. The first-order valence-corrected chi connectivity index (χ1v) is 10.2. The van der Waals surface area contributed by atoms with Crippen molar-refractivity contribution in [2.75, 3.05) is 26.2 Å². The van der Waals surface area contributed by atoms with E-state index in [-0.39, 0.29) is 5.96 Å². The van der Waals surface area contributed by atoms with E-state index in [9.17, 15) is 9.59 Å². The Labute approximate surface area is 169 Å². The number of nitrogens with one attached hydrogen (secondary N) is 2. The second-order valence-corrected chi connectivity index (χ2v) is 9.09. The third kappa shape index (κ3) is 12.5. The molecule has 2 N–H and O–H groups in total. The molecule has 1 fully saturated rings. The van der Waals surface area contributed by atoms with Gasteiger partial charge in [-0.05, 0) is 67.5 Å². The van der Waals surface area contributed by atoms with Crippen LogP contribution in [0.15, 0.2) is 4.99 Å². The molecule has 1 rings (SSSR count). The second-order valence-electron chi connectivity index (χ2n) is 9.09. The molecule has 0 aromatic carbocycles. The van der Waals surface area contributed by atoms with Gasteiger partial charge in [-0.2, -0.15) is 0 Å². The van der Waals surface area contributed by atoms with E-state index < -0.39 is 23.4 Å². The van der Waals surface area contributed by atoms with Gasteiger partial charge in [-0.15, -0.1) is 0 Å². The zero-order valence-corrected chi connectivity index (χ0v) is 18.4. The van der Waals surface area contributed by atoms with Crippen LogP contribution in [-0.2, 0) is 9.47 Å². The van der Waals surface area contributed by atoms with E-state index in [4.69, 9.17) is 9.47 Å². The van der Waals surface area contributed by atoms with Gasteiger partial charge in [0, 0.05) is 6.54 Å². The van der Waals surface area contributed by atoms with Crippen LogP contribution in [0.1, 0.15) is 73.6 Å². The summed E-state index contributed by atoms with van der Waals surface area (Å²) in [7, 11) is 0. The third-order valence-corrected chi connectivity index (χ3v) is 3.87. The van der Waals surface area contributed by atoms with Gasteiger partial charge in [0.2, 0.25) is 5.96 Å². The maximum absolute atomic E-state index is 12.1. The lowest BCUT2D eigenvalue weighted by atomic mass is 10.1. The Kier molecular flexibility index (Phi) is 9.72. The van der Waals surface area contributed by atoms with E-state index in [1.807, 2.05) is 0 Å². The van der Waals surface area contributed by atoms with Crippen molar-refractivity contribution in [2.24, 2.45) is 4.99 Å². The first-order valence-electron chi connectivity index (χ1n) is 10.2. The predicted octanol–water partition coefficient (Wildman–Crippen LogP) is 3.66. The van der Waals surface area contributed by atoms with Crippen LogP contribution in [0.4, 0.5) is 9.59 Å². The summed E-state index contributed by atoms with van der Waals surface area (Å²) in [4.78, 5) is 30.9. The standard InChI is InChI=1S/C20H38N4O4/c1-19(2,3)27-17(25)22-16(23-18(26)28-20(4,5)6)21-12-15-24-13-10-8-7-9-11-14-24/h7-15H2,1-6H3,(H2,21,22,23,25,26). The lowest BCUT2D eigenvalue weighted by molar-refractivity contribution is 0.0545. The lowest BCUT2D eigenvalue weighted by Crippen LogP contribution is -2.47. The number of nitrogens with zero attached hydrogens (tertiary/aromatic N) is 2. The van der Waals surface area contributed by atoms with Gasteiger partial charge in [0.15, 0.2) is 0 Å². The molecule has 0 saturated carbocycles. The van der Waals surface area contributed by atoms with E-state index in [0.29, 0.717) is 6.54 Å². The summed E-state index contributed by atoms with van der Waals surface area (Å²) in [5, 5.41) is 5.02. The molecule has 0 aromatic heterocycles. The average Bonchev–Trinajstić information content (AvgIpc) is 2.44. The highest BCUT2D eigenvalue weighted by Crippen LogP contribution is 2.10. The molecule has 0 radical (unpaired) electrons. The van der Waals surface area contributed by atoms with Crippen molar-refractivity contribution >= 4 is 18.1 Å². The van der Waals surface area contributed by atoms with Gasteiger partial charge in [-0.25, -0.2) is 9.59 Å². The molecule has 0 aromatic rings. The topological polar surface area (TPSA) is 92.3 Å². The molecule has 1 saturated heterocycles. The number of carbonyl (C=O) groups excluding carboxylic acids is 2. The Morgan fingerprint density at radius 1 is 0.821 bits per heavy atom. The molecular formula is C20H38N4O4. The van der Waals surface area contributed by atoms with E-state index >= 15 is 0 Å². The monoisotopic (exact) mass is 398 g/mol. The number of guanidine groups is 1. The molecular weight excluding hydrogens is 360 g/mol. The predicted molar refractivity (Wildman–Crippen MR) is 111 cm³/mol. The van der Waals surface area contributed by atoms with Crippen LogP contribution in [0.2, 0.25) is 0 Å². The zero-order valence-electron chi connectivity index (χ0n) is 18.4. The fourth-order valence-electron chi connectivity index (χ4n) is 2.75. The Hall–Kier alpha value is -1.83. The highest BCUT2D eigenvalue weighted by atomic mass is 16.6. The van der Waals surface area contributed by atoms with Crippen LogP contribution >= 0.6 is 0 Å². The van der Waals surface area contributed by atoms with Crippen molar-refractivity contribution in [1.82, 2.24) is 15.5 Å². The van der Waals surface area contributed by atoms with E-state index in [1.54, 1.807) is 41.5 Å². The highest BCUT2D eigenvalue weighted by Gasteiger charge is 2.21. The fraction of sp³-hybridized carbons (Fsp3) is 0.850. The minimum Gasteiger partial charge on any atom is -0.444 e. The summed E-state index contributed by atoms with van der Waals surface area (Å²) < 4.78 is 10.5. The minimum absolute atomic E-state index is 0.0375. The second kappa shape index (κ2) is 11.2. The molecule has 0 atom stereocenters. The number of hydrogen-bond donors (Lipinski definition) is 2. The maximum atomic E-state index is 12.1. The van der Waals surface area contributed by atoms with E-state index in [2.05, 4.69) is 20.5 Å². The van der Waals surface area contributed by atoms with Gasteiger partial charge < -0.3 is 14.4 Å². The van der Waals surface area contributed by atoms with Crippen molar-refractivity contribution in [1.29, 1.82) is 0 Å². The van der Waals surface area contributed by atoms with Gasteiger partial charge in [-0.1, -0.05) is 19.3 Å². The number of rotatable bonds is 3. The van der Waals surface area contributed by atoms with Crippen molar-refractivity contribution in [2.45, 2.75) is 84.8 Å². The molecule has 2 amide bonds. The molecule has 28 heavy (non-hydrogen) atoms. The van der Waals surface area contributed by atoms with Gasteiger partial charge in [0.1, 0.15) is 11.2 Å². The fourth-order valence-corrected chi connectivity index (χ4v) is 2.75. The number of likely N-dealkylation sites (tertiary alicyclic amines) is 1. The van der Waals surface area contributed by atoms with Crippen molar-refractivity contribution in [3.05, 3.63) is 0 Å². The van der Waals surface area contributed by atoms with E-state index in [1.165, 1.54) is 32.1 Å². The molecule has 8 nitrogen and oxygen atoms in total. The van der Waals surface area contributed by atoms with Gasteiger partial charge in [-0.3, -0.25) is 15.6 Å². The minimum atomic E-state index is -0.673. The van der Waals surface area contributed by atoms with Crippen LogP contribution in [-0.4, -0.2) is 60.4 Å². The number of hydrogen-bond acceptors (Lipinski definition) is 6. The molecule has 162 valence electrons. The molecule has 1 aliphatic rings. The SMILES string of the molecule is CC(C)(C)OC(=O)NC(=NCCN1CCCCCCC1)NC(=O)OC(C)(C)C. The number of aliphatic imine (C=N–C) groups is 1. The Bertz CT molecular complexity index is 495. The van der Waals surface area contributed by atoms with E-state index in [0.717, 1.165) is 19.6 Å². The summed E-state index contributed by atoms with van der Waals surface area (Å²) in [6.07, 6.45) is 4.90. The number of carbonyl (C=O) groups is 2. The summed E-state index contributed by atoms with van der Waals surface area (Å²) in [6, 6.07) is 0. The molecule has 0 unspecified atom stereocenters. The normalized spacial score (nSPS) is 16.4. The number of ether oxygens (including phenoxy) is 2. The molecule has 1 heterocycles. The molecule has 1 aliphatic heterocycles. The molecule has 0 aliphatic carbocycles. The number of alkyl carbamates (subject to hydrolysis) is 2. The van der Waals surface area contributed by atoms with Crippen LogP contribution < -0.4 is 10.6 Å². The quantitative estimate of drug-likeness (QED) is 0.559. The maximum Gasteiger partial charge on any atom is 0.414 e. The van der Waals surface area contributed by atoms with Gasteiger partial charge >= 0.3 is 12.2 Å². The summed E-state index contributed by atoms with van der Waals surface area (Å²) >= 11 is 0.